The van der Waals surface area contributed by atoms with Crippen LogP contribution >= 0.6 is 0 Å². The first kappa shape index (κ1) is 24.8. The van der Waals surface area contributed by atoms with Crippen LogP contribution in [-0.2, 0) is 19.6 Å². The number of esters is 1. The molecule has 3 aromatic rings. The van der Waals surface area contributed by atoms with E-state index in [-0.39, 0.29) is 10.5 Å². The minimum atomic E-state index is -3.90. The van der Waals surface area contributed by atoms with Crippen LogP contribution in [0.2, 0.25) is 0 Å². The summed E-state index contributed by atoms with van der Waals surface area (Å²) in [5.74, 6) is -0.806. The van der Waals surface area contributed by atoms with Crippen LogP contribution in [0.5, 0.6) is 5.75 Å². The largest absolute Gasteiger partial charge is 0.495 e. The molecule has 0 spiro atoms. The Morgan fingerprint density at radius 1 is 0.941 bits per heavy atom. The van der Waals surface area contributed by atoms with Gasteiger partial charge in [0.2, 0.25) is 0 Å². The molecule has 0 aromatic heterocycles. The fraction of sp³-hybridized carbons (Fsp3) is 0.200. The first-order valence-corrected chi connectivity index (χ1v) is 11.8. The third kappa shape index (κ3) is 5.55. The molecule has 0 aliphatic carbocycles. The van der Waals surface area contributed by atoms with Gasteiger partial charge in [0.15, 0.2) is 6.61 Å². The van der Waals surface area contributed by atoms with Crippen LogP contribution < -0.4 is 14.4 Å². The summed E-state index contributed by atoms with van der Waals surface area (Å²) in [5.41, 5.74) is 3.24. The van der Waals surface area contributed by atoms with Crippen molar-refractivity contribution in [1.82, 2.24) is 0 Å². The molecule has 0 radical (unpaired) electrons. The van der Waals surface area contributed by atoms with Crippen molar-refractivity contribution in [2.75, 3.05) is 30.4 Å². The number of sulfonamides is 1. The van der Waals surface area contributed by atoms with Crippen molar-refractivity contribution < 1.29 is 27.5 Å². The highest BCUT2D eigenvalue weighted by Crippen LogP contribution is 2.30. The standard InChI is InChI=1S/C25H26N2O6S/c1-17-9-12-20(15-18(17)2)26-24(28)16-33-25(29)19-10-13-21(14-11-19)34(30,31)27(3)22-7-5-6-8-23(22)32-4/h5-15H,16H2,1-4H3,(H,26,28). The normalized spacial score (nSPS) is 10.9. The lowest BCUT2D eigenvalue weighted by Crippen LogP contribution is -2.27. The van der Waals surface area contributed by atoms with Crippen molar-refractivity contribution >= 4 is 33.3 Å². The molecule has 0 aliphatic rings. The Morgan fingerprint density at radius 2 is 1.62 bits per heavy atom. The summed E-state index contributed by atoms with van der Waals surface area (Å²) in [4.78, 5) is 24.4. The Labute approximate surface area is 199 Å². The van der Waals surface area contributed by atoms with Gasteiger partial charge in [0, 0.05) is 12.7 Å². The summed E-state index contributed by atoms with van der Waals surface area (Å²) in [6.45, 7) is 3.43. The number of nitrogens with zero attached hydrogens (tertiary/aromatic N) is 1. The Bertz CT molecular complexity index is 1300. The van der Waals surface area contributed by atoms with Gasteiger partial charge in [-0.25, -0.2) is 13.2 Å². The number of methoxy groups -OCH3 is 1. The van der Waals surface area contributed by atoms with Crippen LogP contribution in [0, 0.1) is 13.8 Å². The zero-order valence-electron chi connectivity index (χ0n) is 19.4. The van der Waals surface area contributed by atoms with Gasteiger partial charge in [-0.2, -0.15) is 0 Å². The van der Waals surface area contributed by atoms with Crippen LogP contribution in [0.1, 0.15) is 21.5 Å². The van der Waals surface area contributed by atoms with Gasteiger partial charge in [0.25, 0.3) is 15.9 Å². The van der Waals surface area contributed by atoms with Crippen molar-refractivity contribution in [1.29, 1.82) is 0 Å². The number of carbonyl (C=O) groups excluding carboxylic acids is 2. The average molecular weight is 483 g/mol. The Hall–Kier alpha value is -3.85. The zero-order valence-corrected chi connectivity index (χ0v) is 20.2. The number of ether oxygens (including phenoxy) is 2. The summed E-state index contributed by atoms with van der Waals surface area (Å²) >= 11 is 0. The fourth-order valence-electron chi connectivity index (χ4n) is 3.17. The maximum Gasteiger partial charge on any atom is 0.338 e. The van der Waals surface area contributed by atoms with E-state index in [9.17, 15) is 18.0 Å². The Morgan fingerprint density at radius 3 is 2.26 bits per heavy atom. The predicted molar refractivity (Wildman–Crippen MR) is 130 cm³/mol. The number of amides is 1. The van der Waals surface area contributed by atoms with Gasteiger partial charge in [0.1, 0.15) is 5.75 Å². The highest BCUT2D eigenvalue weighted by atomic mass is 32.2. The number of para-hydroxylation sites is 2. The number of hydrogen-bond acceptors (Lipinski definition) is 6. The Kier molecular flexibility index (Phi) is 7.57. The molecule has 34 heavy (non-hydrogen) atoms. The monoisotopic (exact) mass is 482 g/mol. The molecule has 8 nitrogen and oxygen atoms in total. The minimum absolute atomic E-state index is 0.00931. The van der Waals surface area contributed by atoms with Gasteiger partial charge < -0.3 is 14.8 Å². The summed E-state index contributed by atoms with van der Waals surface area (Å²) in [6.07, 6.45) is 0. The van der Waals surface area contributed by atoms with E-state index in [1.54, 1.807) is 30.3 Å². The number of aryl methyl sites for hydroxylation is 2. The lowest BCUT2D eigenvalue weighted by Gasteiger charge is -2.21. The summed E-state index contributed by atoms with van der Waals surface area (Å²) < 4.78 is 37.4. The second kappa shape index (κ2) is 10.4. The second-order valence-electron chi connectivity index (χ2n) is 7.59. The molecule has 0 heterocycles. The minimum Gasteiger partial charge on any atom is -0.495 e. The second-order valence-corrected chi connectivity index (χ2v) is 9.56. The lowest BCUT2D eigenvalue weighted by molar-refractivity contribution is -0.119. The van der Waals surface area contributed by atoms with Crippen LogP contribution in [-0.4, -0.2) is 41.1 Å². The molecule has 3 rings (SSSR count). The quantitative estimate of drug-likeness (QED) is 0.488. The lowest BCUT2D eigenvalue weighted by atomic mass is 10.1. The van der Waals surface area contributed by atoms with E-state index in [4.69, 9.17) is 9.47 Å². The highest BCUT2D eigenvalue weighted by molar-refractivity contribution is 7.92. The van der Waals surface area contributed by atoms with E-state index < -0.39 is 28.5 Å². The first-order valence-electron chi connectivity index (χ1n) is 10.4. The van der Waals surface area contributed by atoms with Crippen molar-refractivity contribution in [3.8, 4) is 5.75 Å². The van der Waals surface area contributed by atoms with Gasteiger partial charge in [-0.1, -0.05) is 18.2 Å². The van der Waals surface area contributed by atoms with Gasteiger partial charge in [-0.05, 0) is 73.5 Å². The van der Waals surface area contributed by atoms with Crippen LogP contribution in [0.3, 0.4) is 0 Å². The SMILES string of the molecule is COc1ccccc1N(C)S(=O)(=O)c1ccc(C(=O)OCC(=O)Nc2ccc(C)c(C)c2)cc1. The average Bonchev–Trinajstić information content (AvgIpc) is 2.84. The van der Waals surface area contributed by atoms with Gasteiger partial charge in [0.05, 0.1) is 23.3 Å². The van der Waals surface area contributed by atoms with Crippen LogP contribution in [0.4, 0.5) is 11.4 Å². The predicted octanol–water partition coefficient (Wildman–Crippen LogP) is 3.93. The molecule has 0 saturated heterocycles. The number of hydrogen-bond donors (Lipinski definition) is 1. The third-order valence-corrected chi connectivity index (χ3v) is 7.08. The summed E-state index contributed by atoms with van der Waals surface area (Å²) in [7, 11) is -1.02. The molecular weight excluding hydrogens is 456 g/mol. The maximum absolute atomic E-state index is 13.0. The number of carbonyl (C=O) groups is 2. The van der Waals surface area contributed by atoms with Crippen LogP contribution in [0.15, 0.2) is 71.6 Å². The molecule has 1 N–H and O–H groups in total. The molecule has 9 heteroatoms. The van der Waals surface area contributed by atoms with E-state index in [1.165, 1.54) is 38.4 Å². The molecular formula is C25H26N2O6S. The van der Waals surface area contributed by atoms with E-state index in [0.29, 0.717) is 17.1 Å². The molecule has 0 fully saturated rings. The molecule has 1 amide bonds. The van der Waals surface area contributed by atoms with Crippen molar-refractivity contribution in [3.63, 3.8) is 0 Å². The third-order valence-electron chi connectivity index (χ3n) is 5.30. The van der Waals surface area contributed by atoms with E-state index >= 15 is 0 Å². The fourth-order valence-corrected chi connectivity index (χ4v) is 4.38. The smallest absolute Gasteiger partial charge is 0.338 e. The first-order chi connectivity index (χ1) is 16.1. The summed E-state index contributed by atoms with van der Waals surface area (Å²) in [5, 5.41) is 2.67. The molecule has 0 bridgehead atoms. The van der Waals surface area contributed by atoms with Crippen LogP contribution in [0.25, 0.3) is 0 Å². The summed E-state index contributed by atoms with van der Waals surface area (Å²) in [6, 6.07) is 17.5. The zero-order chi connectivity index (χ0) is 24.9. The van der Waals surface area contributed by atoms with Crippen molar-refractivity contribution in [2.24, 2.45) is 0 Å². The van der Waals surface area contributed by atoms with E-state index in [1.807, 2.05) is 26.0 Å². The number of nitrogens with one attached hydrogen (secondary N) is 1. The van der Waals surface area contributed by atoms with Gasteiger partial charge in [-0.3, -0.25) is 9.10 Å². The molecule has 3 aromatic carbocycles. The van der Waals surface area contributed by atoms with E-state index in [2.05, 4.69) is 5.32 Å². The highest BCUT2D eigenvalue weighted by Gasteiger charge is 2.24. The van der Waals surface area contributed by atoms with E-state index in [0.717, 1.165) is 15.4 Å². The number of rotatable bonds is 8. The molecule has 0 unspecified atom stereocenters. The van der Waals surface area contributed by atoms with Gasteiger partial charge in [-0.15, -0.1) is 0 Å². The van der Waals surface area contributed by atoms with Gasteiger partial charge >= 0.3 is 5.97 Å². The topological polar surface area (TPSA) is 102 Å². The van der Waals surface area contributed by atoms with Crippen molar-refractivity contribution in [3.05, 3.63) is 83.4 Å². The van der Waals surface area contributed by atoms with Crippen molar-refractivity contribution in [2.45, 2.75) is 18.7 Å². The maximum atomic E-state index is 13.0. The molecule has 0 aliphatic heterocycles. The number of anilines is 2. The molecule has 0 atom stereocenters. The molecule has 0 saturated carbocycles. The molecule has 178 valence electrons. The Balaban J connectivity index is 1.64. The number of benzene rings is 3.